The maximum Gasteiger partial charge on any atom is 0.416 e. The Morgan fingerprint density at radius 2 is 1.86 bits per heavy atom. The van der Waals surface area contributed by atoms with Gasteiger partial charge >= 0.3 is 11.8 Å². The Balaban J connectivity index is 1.97. The van der Waals surface area contributed by atoms with Crippen LogP contribution in [0.3, 0.4) is 0 Å². The van der Waals surface area contributed by atoms with E-state index in [2.05, 4.69) is 4.98 Å². The van der Waals surface area contributed by atoms with Gasteiger partial charge in [-0.05, 0) is 12.1 Å². The van der Waals surface area contributed by atoms with Crippen molar-refractivity contribution in [2.24, 2.45) is 14.1 Å². The van der Waals surface area contributed by atoms with Crippen molar-refractivity contribution in [3.63, 3.8) is 0 Å². The van der Waals surface area contributed by atoms with Gasteiger partial charge in [-0.2, -0.15) is 0 Å². The lowest BCUT2D eigenvalue weighted by Gasteiger charge is -2.10. The highest BCUT2D eigenvalue weighted by Crippen LogP contribution is 2.20. The van der Waals surface area contributed by atoms with Gasteiger partial charge in [0.15, 0.2) is 11.2 Å². The standard InChI is InChI=1S/C19H19N5O5/c1-21-14(7-8-25)20-16-15(21)17(26)23(18(27)22(16)2)10-12-9-11-5-3-4-6-13(11)24(12)19(28)29/h3-6,9,25H,7-8,10H2,1-2H3,(H,28,29). The van der Waals surface area contributed by atoms with E-state index in [0.717, 1.165) is 9.13 Å². The minimum atomic E-state index is -1.20. The van der Waals surface area contributed by atoms with Crippen molar-refractivity contribution in [3.8, 4) is 0 Å². The normalized spacial score (nSPS) is 11.6. The van der Waals surface area contributed by atoms with E-state index in [1.54, 1.807) is 41.9 Å². The van der Waals surface area contributed by atoms with Gasteiger partial charge in [-0.3, -0.25) is 13.9 Å². The summed E-state index contributed by atoms with van der Waals surface area (Å²) in [4.78, 5) is 42.1. The lowest BCUT2D eigenvalue weighted by atomic mass is 10.2. The molecule has 0 saturated carbocycles. The molecule has 4 rings (SSSR count). The number of aryl methyl sites for hydroxylation is 2. The number of carbonyl (C=O) groups is 1. The second-order valence-corrected chi connectivity index (χ2v) is 6.78. The van der Waals surface area contributed by atoms with Crippen LogP contribution in [0.2, 0.25) is 0 Å². The fourth-order valence-electron chi connectivity index (χ4n) is 3.67. The first-order valence-corrected chi connectivity index (χ1v) is 8.93. The Bertz CT molecular complexity index is 1390. The predicted octanol–water partition coefficient (Wildman–Crippen LogP) is 0.498. The molecule has 0 atom stereocenters. The Hall–Kier alpha value is -3.66. The summed E-state index contributed by atoms with van der Waals surface area (Å²) in [6, 6.07) is 8.60. The van der Waals surface area contributed by atoms with Crippen molar-refractivity contribution >= 4 is 28.2 Å². The summed E-state index contributed by atoms with van der Waals surface area (Å²) >= 11 is 0. The highest BCUT2D eigenvalue weighted by molar-refractivity contribution is 5.90. The zero-order valence-corrected chi connectivity index (χ0v) is 15.9. The fourth-order valence-corrected chi connectivity index (χ4v) is 3.67. The number of fused-ring (bicyclic) bond motifs is 2. The van der Waals surface area contributed by atoms with Gasteiger partial charge in [0.25, 0.3) is 5.56 Å². The van der Waals surface area contributed by atoms with Gasteiger partial charge in [0.1, 0.15) is 5.82 Å². The minimum absolute atomic E-state index is 0.141. The molecule has 0 aliphatic carbocycles. The van der Waals surface area contributed by atoms with Gasteiger partial charge in [0, 0.05) is 25.9 Å². The van der Waals surface area contributed by atoms with Gasteiger partial charge in [-0.25, -0.2) is 19.1 Å². The van der Waals surface area contributed by atoms with Crippen molar-refractivity contribution in [1.29, 1.82) is 0 Å². The van der Waals surface area contributed by atoms with Crippen LogP contribution in [0, 0.1) is 0 Å². The molecule has 10 nitrogen and oxygen atoms in total. The van der Waals surface area contributed by atoms with Crippen LogP contribution < -0.4 is 11.2 Å². The lowest BCUT2D eigenvalue weighted by molar-refractivity contribution is 0.196. The van der Waals surface area contributed by atoms with Crippen LogP contribution in [0.15, 0.2) is 39.9 Å². The SMILES string of the molecule is Cn1c(CCO)nc2c1c(=O)n(Cc1cc3ccccc3n1C(=O)O)c(=O)n2C. The van der Waals surface area contributed by atoms with Crippen molar-refractivity contribution in [3.05, 3.63) is 62.7 Å². The molecular formula is C19H19N5O5. The second kappa shape index (κ2) is 6.74. The number of aliphatic hydroxyl groups is 1. The highest BCUT2D eigenvalue weighted by atomic mass is 16.4. The molecule has 0 bridgehead atoms. The van der Waals surface area contributed by atoms with E-state index in [1.807, 2.05) is 0 Å². The number of para-hydroxylation sites is 1. The summed E-state index contributed by atoms with van der Waals surface area (Å²) in [5, 5.41) is 19.6. The quantitative estimate of drug-likeness (QED) is 0.517. The summed E-state index contributed by atoms with van der Waals surface area (Å²) in [5.74, 6) is 0.479. The van der Waals surface area contributed by atoms with E-state index in [1.165, 1.54) is 11.6 Å². The minimum Gasteiger partial charge on any atom is -0.464 e. The number of hydrogen-bond acceptors (Lipinski definition) is 5. The average molecular weight is 397 g/mol. The van der Waals surface area contributed by atoms with E-state index in [0.29, 0.717) is 22.4 Å². The molecule has 2 N–H and O–H groups in total. The van der Waals surface area contributed by atoms with Crippen LogP contribution in [0.5, 0.6) is 0 Å². The molecular weight excluding hydrogens is 378 g/mol. The van der Waals surface area contributed by atoms with E-state index >= 15 is 0 Å². The number of hydrogen-bond donors (Lipinski definition) is 2. The predicted molar refractivity (Wildman–Crippen MR) is 105 cm³/mol. The molecule has 1 aromatic carbocycles. The van der Waals surface area contributed by atoms with Crippen molar-refractivity contribution in [2.75, 3.05) is 6.61 Å². The zero-order chi connectivity index (χ0) is 20.9. The van der Waals surface area contributed by atoms with Gasteiger partial charge < -0.3 is 14.8 Å². The number of benzene rings is 1. The third kappa shape index (κ3) is 2.76. The summed E-state index contributed by atoms with van der Waals surface area (Å²) < 4.78 is 4.88. The first kappa shape index (κ1) is 18.7. The third-order valence-corrected chi connectivity index (χ3v) is 5.09. The summed E-state index contributed by atoms with van der Waals surface area (Å²) in [5.41, 5.74) is 0.0547. The molecule has 3 aromatic heterocycles. The van der Waals surface area contributed by atoms with Gasteiger partial charge in [0.05, 0.1) is 24.4 Å². The molecule has 0 amide bonds. The highest BCUT2D eigenvalue weighted by Gasteiger charge is 2.21. The monoisotopic (exact) mass is 397 g/mol. The molecule has 0 saturated heterocycles. The summed E-state index contributed by atoms with van der Waals surface area (Å²) in [6.45, 7) is -0.346. The topological polar surface area (TPSA) is 124 Å². The van der Waals surface area contributed by atoms with E-state index in [4.69, 9.17) is 0 Å². The first-order valence-electron chi connectivity index (χ1n) is 8.93. The summed E-state index contributed by atoms with van der Waals surface area (Å²) in [7, 11) is 3.15. The zero-order valence-electron chi connectivity index (χ0n) is 15.9. The van der Waals surface area contributed by atoms with E-state index in [-0.39, 0.29) is 30.7 Å². The number of nitrogens with zero attached hydrogens (tertiary/aromatic N) is 5. The molecule has 0 radical (unpaired) electrons. The Morgan fingerprint density at radius 1 is 1.14 bits per heavy atom. The van der Waals surface area contributed by atoms with Crippen molar-refractivity contribution in [2.45, 2.75) is 13.0 Å². The van der Waals surface area contributed by atoms with Crippen LogP contribution >= 0.6 is 0 Å². The second-order valence-electron chi connectivity index (χ2n) is 6.78. The maximum absolute atomic E-state index is 13.1. The van der Waals surface area contributed by atoms with Gasteiger partial charge in [0.2, 0.25) is 0 Å². The largest absolute Gasteiger partial charge is 0.464 e. The molecule has 0 fully saturated rings. The van der Waals surface area contributed by atoms with Gasteiger partial charge in [-0.1, -0.05) is 18.2 Å². The molecule has 0 spiro atoms. The van der Waals surface area contributed by atoms with Crippen LogP contribution in [0.4, 0.5) is 4.79 Å². The average Bonchev–Trinajstić information content (AvgIpc) is 3.22. The summed E-state index contributed by atoms with van der Waals surface area (Å²) in [6.07, 6.45) is -0.954. The maximum atomic E-state index is 13.1. The first-order chi connectivity index (χ1) is 13.8. The third-order valence-electron chi connectivity index (χ3n) is 5.09. The molecule has 4 aromatic rings. The Morgan fingerprint density at radius 3 is 2.55 bits per heavy atom. The number of carboxylic acid groups (broad SMARTS) is 1. The molecule has 0 aliphatic rings. The number of imidazole rings is 1. The van der Waals surface area contributed by atoms with E-state index < -0.39 is 17.3 Å². The van der Waals surface area contributed by atoms with Crippen LogP contribution in [-0.4, -0.2) is 46.2 Å². The van der Waals surface area contributed by atoms with Crippen LogP contribution in [-0.2, 0) is 27.1 Å². The fraction of sp³-hybridized carbons (Fsp3) is 0.263. The van der Waals surface area contributed by atoms with Crippen molar-refractivity contribution < 1.29 is 15.0 Å². The smallest absolute Gasteiger partial charge is 0.416 e. The van der Waals surface area contributed by atoms with Crippen molar-refractivity contribution in [1.82, 2.24) is 23.3 Å². The van der Waals surface area contributed by atoms with Crippen LogP contribution in [0.1, 0.15) is 11.5 Å². The molecule has 3 heterocycles. The number of rotatable bonds is 4. The molecule has 10 heteroatoms. The molecule has 0 unspecified atom stereocenters. The molecule has 29 heavy (non-hydrogen) atoms. The number of aromatic nitrogens is 5. The van der Waals surface area contributed by atoms with E-state index in [9.17, 15) is 24.6 Å². The van der Waals surface area contributed by atoms with Crippen LogP contribution in [0.25, 0.3) is 22.1 Å². The van der Waals surface area contributed by atoms with Gasteiger partial charge in [-0.15, -0.1) is 0 Å². The lowest BCUT2D eigenvalue weighted by Crippen LogP contribution is -2.40. The Kier molecular flexibility index (Phi) is 4.35. The molecule has 0 aliphatic heterocycles. The Labute approximate surface area is 163 Å². The number of aliphatic hydroxyl groups excluding tert-OH is 1. The molecule has 150 valence electrons.